The normalized spacial score (nSPS) is 21.1. The minimum absolute atomic E-state index is 0.146. The predicted octanol–water partition coefficient (Wildman–Crippen LogP) is 0.444. The molecule has 0 bridgehead atoms. The van der Waals surface area contributed by atoms with Crippen LogP contribution in [0.1, 0.15) is 26.7 Å². The Labute approximate surface area is 98.8 Å². The van der Waals surface area contributed by atoms with Gasteiger partial charge in [0.2, 0.25) is 5.91 Å². The van der Waals surface area contributed by atoms with Gasteiger partial charge in [0.1, 0.15) is 0 Å². The van der Waals surface area contributed by atoms with Gasteiger partial charge in [-0.1, -0.05) is 6.92 Å². The van der Waals surface area contributed by atoms with Crippen molar-refractivity contribution < 1.29 is 4.79 Å². The van der Waals surface area contributed by atoms with Crippen LogP contribution in [0.4, 0.5) is 0 Å². The van der Waals surface area contributed by atoms with Gasteiger partial charge in [0.25, 0.3) is 0 Å². The van der Waals surface area contributed by atoms with E-state index in [2.05, 4.69) is 22.5 Å². The Morgan fingerprint density at radius 3 is 2.88 bits per heavy atom. The topological polar surface area (TPSA) is 44.4 Å². The van der Waals surface area contributed by atoms with Gasteiger partial charge in [0.15, 0.2) is 0 Å². The molecule has 0 aromatic carbocycles. The van der Waals surface area contributed by atoms with Crippen molar-refractivity contribution in [3.8, 4) is 0 Å². The number of hydrogen-bond donors (Lipinski definition) is 2. The highest BCUT2D eigenvalue weighted by molar-refractivity contribution is 5.77. The second-order valence-corrected chi connectivity index (χ2v) is 4.49. The van der Waals surface area contributed by atoms with Gasteiger partial charge in [-0.05, 0) is 45.3 Å². The maximum atomic E-state index is 11.5. The Hall–Kier alpha value is -0.610. The molecule has 0 aromatic heterocycles. The molecule has 1 aliphatic rings. The van der Waals surface area contributed by atoms with E-state index in [1.165, 1.54) is 12.8 Å². The molecule has 1 saturated heterocycles. The fraction of sp³-hybridized carbons (Fsp3) is 0.917. The van der Waals surface area contributed by atoms with Crippen LogP contribution in [0.15, 0.2) is 0 Å². The van der Waals surface area contributed by atoms with Gasteiger partial charge >= 0.3 is 0 Å². The molecule has 94 valence electrons. The second kappa shape index (κ2) is 7.63. The highest BCUT2D eigenvalue weighted by Gasteiger charge is 2.17. The van der Waals surface area contributed by atoms with Gasteiger partial charge in [0.05, 0.1) is 6.54 Å². The molecule has 16 heavy (non-hydrogen) atoms. The van der Waals surface area contributed by atoms with Gasteiger partial charge in [-0.25, -0.2) is 0 Å². The molecule has 1 amide bonds. The summed E-state index contributed by atoms with van der Waals surface area (Å²) in [6, 6.07) is 0. The minimum atomic E-state index is 0.146. The molecule has 0 spiro atoms. The quantitative estimate of drug-likeness (QED) is 0.692. The van der Waals surface area contributed by atoms with Gasteiger partial charge in [0, 0.05) is 13.1 Å². The van der Waals surface area contributed by atoms with E-state index in [1.54, 1.807) is 0 Å². The summed E-state index contributed by atoms with van der Waals surface area (Å²) in [5.41, 5.74) is 0. The Bertz CT molecular complexity index is 202. The molecular weight excluding hydrogens is 202 g/mol. The van der Waals surface area contributed by atoms with Crippen molar-refractivity contribution in [3.05, 3.63) is 0 Å². The smallest absolute Gasteiger partial charge is 0.234 e. The van der Waals surface area contributed by atoms with Crippen LogP contribution in [-0.4, -0.2) is 50.1 Å². The number of nitrogens with zero attached hydrogens (tertiary/aromatic N) is 1. The molecular formula is C12H25N3O. The molecule has 0 aromatic rings. The lowest BCUT2D eigenvalue weighted by Gasteiger charge is -2.28. The minimum Gasteiger partial charge on any atom is -0.355 e. The number of carbonyl (C=O) groups excluding carboxylic acids is 1. The summed E-state index contributed by atoms with van der Waals surface area (Å²) < 4.78 is 0. The molecule has 0 saturated carbocycles. The fourth-order valence-electron chi connectivity index (χ4n) is 2.21. The molecule has 2 N–H and O–H groups in total. The molecule has 0 aliphatic carbocycles. The van der Waals surface area contributed by atoms with Crippen molar-refractivity contribution >= 4 is 5.91 Å². The summed E-state index contributed by atoms with van der Waals surface area (Å²) in [4.78, 5) is 13.7. The van der Waals surface area contributed by atoms with E-state index in [9.17, 15) is 4.79 Å². The van der Waals surface area contributed by atoms with Gasteiger partial charge in [-0.3, -0.25) is 9.69 Å². The maximum Gasteiger partial charge on any atom is 0.234 e. The van der Waals surface area contributed by atoms with Crippen LogP contribution in [0.2, 0.25) is 0 Å². The molecule has 0 radical (unpaired) electrons. The van der Waals surface area contributed by atoms with E-state index in [4.69, 9.17) is 0 Å². The van der Waals surface area contributed by atoms with Gasteiger partial charge < -0.3 is 10.6 Å². The number of piperidine rings is 1. The fourth-order valence-corrected chi connectivity index (χ4v) is 2.21. The van der Waals surface area contributed by atoms with Crippen molar-refractivity contribution in [2.24, 2.45) is 5.92 Å². The average Bonchev–Trinajstić information content (AvgIpc) is 2.30. The monoisotopic (exact) mass is 227 g/mol. The average molecular weight is 227 g/mol. The number of amides is 1. The van der Waals surface area contributed by atoms with Crippen LogP contribution in [0, 0.1) is 5.92 Å². The number of hydrogen-bond acceptors (Lipinski definition) is 3. The van der Waals surface area contributed by atoms with E-state index in [0.29, 0.717) is 12.5 Å². The Kier molecular flexibility index (Phi) is 6.42. The zero-order valence-electron chi connectivity index (χ0n) is 10.6. The molecule has 1 atom stereocenters. The third-order valence-electron chi connectivity index (χ3n) is 3.10. The lowest BCUT2D eigenvalue weighted by atomic mass is 9.99. The third-order valence-corrected chi connectivity index (χ3v) is 3.10. The zero-order chi connectivity index (χ0) is 11.8. The van der Waals surface area contributed by atoms with Crippen molar-refractivity contribution in [3.63, 3.8) is 0 Å². The van der Waals surface area contributed by atoms with Crippen molar-refractivity contribution in [2.75, 3.05) is 39.3 Å². The van der Waals surface area contributed by atoms with Gasteiger partial charge in [-0.2, -0.15) is 0 Å². The number of likely N-dealkylation sites (N-methyl/N-ethyl adjacent to an activating group) is 2. The van der Waals surface area contributed by atoms with Crippen molar-refractivity contribution in [1.29, 1.82) is 0 Å². The maximum absolute atomic E-state index is 11.5. The summed E-state index contributed by atoms with van der Waals surface area (Å²) in [5, 5.41) is 6.27. The van der Waals surface area contributed by atoms with E-state index in [0.717, 1.165) is 32.7 Å². The first kappa shape index (κ1) is 13.5. The molecule has 1 heterocycles. The van der Waals surface area contributed by atoms with Crippen LogP contribution in [0.3, 0.4) is 0 Å². The highest BCUT2D eigenvalue weighted by Crippen LogP contribution is 2.11. The van der Waals surface area contributed by atoms with Gasteiger partial charge in [-0.15, -0.1) is 0 Å². The molecule has 1 aliphatic heterocycles. The summed E-state index contributed by atoms with van der Waals surface area (Å²) >= 11 is 0. The van der Waals surface area contributed by atoms with Crippen LogP contribution in [0.25, 0.3) is 0 Å². The first-order valence-electron chi connectivity index (χ1n) is 6.46. The number of carbonyl (C=O) groups is 1. The van der Waals surface area contributed by atoms with Crippen LogP contribution < -0.4 is 10.6 Å². The van der Waals surface area contributed by atoms with Crippen LogP contribution >= 0.6 is 0 Å². The predicted molar refractivity (Wildman–Crippen MR) is 66.4 cm³/mol. The largest absolute Gasteiger partial charge is 0.355 e. The Morgan fingerprint density at radius 2 is 2.31 bits per heavy atom. The number of nitrogens with one attached hydrogen (secondary N) is 2. The molecule has 1 fully saturated rings. The van der Waals surface area contributed by atoms with E-state index >= 15 is 0 Å². The van der Waals surface area contributed by atoms with E-state index in [-0.39, 0.29) is 5.91 Å². The van der Waals surface area contributed by atoms with Crippen LogP contribution in [-0.2, 0) is 4.79 Å². The lowest BCUT2D eigenvalue weighted by molar-refractivity contribution is -0.122. The first-order chi connectivity index (χ1) is 7.76. The molecule has 1 rings (SSSR count). The third kappa shape index (κ3) is 4.94. The highest BCUT2D eigenvalue weighted by atomic mass is 16.2. The van der Waals surface area contributed by atoms with Crippen molar-refractivity contribution in [1.82, 2.24) is 15.5 Å². The SMILES string of the molecule is CCNC(=O)CN(CC)CC1CCCNC1. The second-order valence-electron chi connectivity index (χ2n) is 4.49. The first-order valence-corrected chi connectivity index (χ1v) is 6.46. The molecule has 4 nitrogen and oxygen atoms in total. The standard InChI is InChI=1S/C12H25N3O/c1-3-14-12(16)10-15(4-2)9-11-6-5-7-13-8-11/h11,13H,3-10H2,1-2H3,(H,14,16). The molecule has 1 unspecified atom stereocenters. The molecule has 4 heteroatoms. The van der Waals surface area contributed by atoms with Crippen molar-refractivity contribution in [2.45, 2.75) is 26.7 Å². The lowest BCUT2D eigenvalue weighted by Crippen LogP contribution is -2.42. The summed E-state index contributed by atoms with van der Waals surface area (Å²) in [6.07, 6.45) is 2.56. The zero-order valence-corrected chi connectivity index (χ0v) is 10.6. The number of rotatable bonds is 6. The Morgan fingerprint density at radius 1 is 1.50 bits per heavy atom. The van der Waals surface area contributed by atoms with E-state index < -0.39 is 0 Å². The summed E-state index contributed by atoms with van der Waals surface area (Å²) in [5.74, 6) is 0.858. The summed E-state index contributed by atoms with van der Waals surface area (Å²) in [6.45, 7) is 9.59. The Balaban J connectivity index is 2.27. The van der Waals surface area contributed by atoms with Crippen LogP contribution in [0.5, 0.6) is 0 Å². The summed E-state index contributed by atoms with van der Waals surface area (Å²) in [7, 11) is 0. The van der Waals surface area contributed by atoms with E-state index in [1.807, 2.05) is 6.92 Å².